The van der Waals surface area contributed by atoms with Crippen molar-refractivity contribution in [2.24, 2.45) is 0 Å². The van der Waals surface area contributed by atoms with Crippen molar-refractivity contribution < 1.29 is 14.3 Å². The largest absolute Gasteiger partial charge is 0.493 e. The number of ether oxygens (including phenoxy) is 2. The van der Waals surface area contributed by atoms with E-state index in [1.807, 2.05) is 4.90 Å². The van der Waals surface area contributed by atoms with Crippen molar-refractivity contribution in [3.63, 3.8) is 0 Å². The molecular weight excluding hydrogens is 328 g/mol. The van der Waals surface area contributed by atoms with Crippen LogP contribution in [0.3, 0.4) is 0 Å². The zero-order valence-electron chi connectivity index (χ0n) is 15.7. The lowest BCUT2D eigenvalue weighted by molar-refractivity contribution is 0.0616. The third-order valence-electron chi connectivity index (χ3n) is 4.93. The van der Waals surface area contributed by atoms with Crippen molar-refractivity contribution >= 4 is 5.91 Å². The summed E-state index contributed by atoms with van der Waals surface area (Å²) in [5.41, 5.74) is 3.07. The minimum absolute atomic E-state index is 0.0236. The van der Waals surface area contributed by atoms with E-state index in [1.54, 1.807) is 31.4 Å². The maximum absolute atomic E-state index is 13.2. The molecule has 2 heterocycles. The van der Waals surface area contributed by atoms with Gasteiger partial charge < -0.3 is 18.9 Å². The molecule has 26 heavy (non-hydrogen) atoms. The summed E-state index contributed by atoms with van der Waals surface area (Å²) in [6.45, 7) is 9.81. The zero-order valence-corrected chi connectivity index (χ0v) is 15.7. The molecule has 1 atom stereocenters. The second-order valence-corrected chi connectivity index (χ2v) is 6.44. The van der Waals surface area contributed by atoms with Crippen LogP contribution in [0.4, 0.5) is 0 Å². The van der Waals surface area contributed by atoms with Gasteiger partial charge in [0.05, 0.1) is 13.2 Å². The molecule has 0 spiro atoms. The van der Waals surface area contributed by atoms with Crippen LogP contribution in [0.15, 0.2) is 43.0 Å². The van der Waals surface area contributed by atoms with Crippen LogP contribution in [0, 0.1) is 6.92 Å². The first-order valence-electron chi connectivity index (χ1n) is 8.99. The number of aromatic nitrogens is 1. The summed E-state index contributed by atoms with van der Waals surface area (Å²) in [4.78, 5) is 15.1. The van der Waals surface area contributed by atoms with Gasteiger partial charge in [-0.15, -0.1) is 0 Å². The van der Waals surface area contributed by atoms with Gasteiger partial charge in [0.25, 0.3) is 5.91 Å². The van der Waals surface area contributed by atoms with Crippen LogP contribution in [-0.4, -0.2) is 35.6 Å². The highest BCUT2D eigenvalue weighted by atomic mass is 16.5. The van der Waals surface area contributed by atoms with E-state index in [9.17, 15) is 4.79 Å². The van der Waals surface area contributed by atoms with Crippen molar-refractivity contribution in [3.8, 4) is 11.5 Å². The number of benzene rings is 1. The average Bonchev–Trinajstić information content (AvgIpc) is 3.05. The van der Waals surface area contributed by atoms with E-state index in [2.05, 4.69) is 37.1 Å². The second kappa shape index (κ2) is 7.68. The molecule has 1 amide bonds. The van der Waals surface area contributed by atoms with Gasteiger partial charge in [0.1, 0.15) is 6.61 Å². The third-order valence-corrected chi connectivity index (χ3v) is 4.93. The van der Waals surface area contributed by atoms with E-state index >= 15 is 0 Å². The van der Waals surface area contributed by atoms with Gasteiger partial charge >= 0.3 is 0 Å². The van der Waals surface area contributed by atoms with Gasteiger partial charge in [0.15, 0.2) is 11.5 Å². The quantitative estimate of drug-likeness (QED) is 0.737. The van der Waals surface area contributed by atoms with Crippen molar-refractivity contribution in [2.45, 2.75) is 32.9 Å². The standard InChI is InChI=1S/C21H26N2O3/c1-5-13-26-19-10-8-16(14-20(19)25-4)21(24)23-12-11-22-15(3)7-9-18(22)17(23)6-2/h5,7-10,14,17H,1,6,11-13H2,2-4H3. The number of hydrogen-bond acceptors (Lipinski definition) is 3. The maximum Gasteiger partial charge on any atom is 0.254 e. The van der Waals surface area contributed by atoms with Gasteiger partial charge in [-0.3, -0.25) is 4.79 Å². The summed E-state index contributed by atoms with van der Waals surface area (Å²) in [6, 6.07) is 9.69. The van der Waals surface area contributed by atoms with Crippen LogP contribution in [0.5, 0.6) is 11.5 Å². The molecule has 1 aromatic heterocycles. The number of nitrogens with zero attached hydrogens (tertiary/aromatic N) is 2. The predicted molar refractivity (Wildman–Crippen MR) is 102 cm³/mol. The SMILES string of the molecule is C=CCOc1ccc(C(=O)N2CCn3c(C)ccc3C2CC)cc1OC. The van der Waals surface area contributed by atoms with Gasteiger partial charge in [-0.05, 0) is 43.7 Å². The summed E-state index contributed by atoms with van der Waals surface area (Å²) in [7, 11) is 1.58. The minimum atomic E-state index is 0.0236. The molecule has 2 aromatic rings. The molecular formula is C21H26N2O3. The Bertz CT molecular complexity index is 810. The monoisotopic (exact) mass is 354 g/mol. The maximum atomic E-state index is 13.2. The summed E-state index contributed by atoms with van der Waals surface area (Å²) in [5, 5.41) is 0. The molecule has 1 aliphatic rings. The summed E-state index contributed by atoms with van der Waals surface area (Å²) in [5.74, 6) is 1.19. The fourth-order valence-corrected chi connectivity index (χ4v) is 3.62. The zero-order chi connectivity index (χ0) is 18.7. The van der Waals surface area contributed by atoms with Crippen LogP contribution in [0.1, 0.15) is 41.1 Å². The van der Waals surface area contributed by atoms with Crippen LogP contribution < -0.4 is 9.47 Å². The number of methoxy groups -OCH3 is 1. The summed E-state index contributed by atoms with van der Waals surface area (Å²) >= 11 is 0. The number of hydrogen-bond donors (Lipinski definition) is 0. The smallest absolute Gasteiger partial charge is 0.254 e. The molecule has 5 nitrogen and oxygen atoms in total. The number of amides is 1. The lowest BCUT2D eigenvalue weighted by Gasteiger charge is -2.37. The molecule has 1 unspecified atom stereocenters. The van der Waals surface area contributed by atoms with E-state index in [0.717, 1.165) is 13.0 Å². The van der Waals surface area contributed by atoms with E-state index in [-0.39, 0.29) is 11.9 Å². The predicted octanol–water partition coefficient (Wildman–Crippen LogP) is 3.98. The molecule has 1 aromatic carbocycles. The Kier molecular flexibility index (Phi) is 5.35. The lowest BCUT2D eigenvalue weighted by atomic mass is 10.0. The molecule has 0 saturated heterocycles. The third kappa shape index (κ3) is 3.21. The van der Waals surface area contributed by atoms with Gasteiger partial charge in [-0.2, -0.15) is 0 Å². The Balaban J connectivity index is 1.88. The summed E-state index contributed by atoms with van der Waals surface area (Å²) in [6.07, 6.45) is 2.56. The number of aryl methyl sites for hydroxylation is 1. The van der Waals surface area contributed by atoms with Crippen molar-refractivity contribution in [1.29, 1.82) is 0 Å². The molecule has 0 fully saturated rings. The Hall–Kier alpha value is -2.69. The topological polar surface area (TPSA) is 43.7 Å². The fourth-order valence-electron chi connectivity index (χ4n) is 3.62. The van der Waals surface area contributed by atoms with Gasteiger partial charge in [0.2, 0.25) is 0 Å². The number of carbonyl (C=O) groups excluding carboxylic acids is 1. The van der Waals surface area contributed by atoms with Crippen LogP contribution in [0.2, 0.25) is 0 Å². The number of rotatable bonds is 6. The van der Waals surface area contributed by atoms with Gasteiger partial charge in [-0.25, -0.2) is 0 Å². The Morgan fingerprint density at radius 3 is 2.77 bits per heavy atom. The Labute approximate surface area is 154 Å². The second-order valence-electron chi connectivity index (χ2n) is 6.44. The van der Waals surface area contributed by atoms with Crippen LogP contribution in [-0.2, 0) is 6.54 Å². The molecule has 5 heteroatoms. The molecule has 3 rings (SSSR count). The fraction of sp³-hybridized carbons (Fsp3) is 0.381. The van der Waals surface area contributed by atoms with E-state index in [1.165, 1.54) is 11.4 Å². The number of carbonyl (C=O) groups is 1. The highest BCUT2D eigenvalue weighted by Crippen LogP contribution is 2.33. The molecule has 0 radical (unpaired) electrons. The van der Waals surface area contributed by atoms with E-state index in [0.29, 0.717) is 30.2 Å². The molecule has 0 saturated carbocycles. The number of fused-ring (bicyclic) bond motifs is 1. The van der Waals surface area contributed by atoms with E-state index in [4.69, 9.17) is 9.47 Å². The van der Waals surface area contributed by atoms with E-state index < -0.39 is 0 Å². The van der Waals surface area contributed by atoms with Crippen LogP contribution >= 0.6 is 0 Å². The molecule has 0 N–H and O–H groups in total. The first kappa shape index (κ1) is 18.1. The normalized spacial score (nSPS) is 16.1. The summed E-state index contributed by atoms with van der Waals surface area (Å²) < 4.78 is 13.3. The minimum Gasteiger partial charge on any atom is -0.493 e. The van der Waals surface area contributed by atoms with Gasteiger partial charge in [0, 0.05) is 30.0 Å². The van der Waals surface area contributed by atoms with Gasteiger partial charge in [-0.1, -0.05) is 19.6 Å². The molecule has 0 aliphatic carbocycles. The average molecular weight is 354 g/mol. The first-order chi connectivity index (χ1) is 12.6. The lowest BCUT2D eigenvalue weighted by Crippen LogP contribution is -2.42. The van der Waals surface area contributed by atoms with Crippen molar-refractivity contribution in [3.05, 3.63) is 59.9 Å². The highest BCUT2D eigenvalue weighted by molar-refractivity contribution is 5.95. The molecule has 138 valence electrons. The Morgan fingerprint density at radius 1 is 1.27 bits per heavy atom. The van der Waals surface area contributed by atoms with Crippen LogP contribution in [0.25, 0.3) is 0 Å². The molecule has 0 bridgehead atoms. The van der Waals surface area contributed by atoms with Crippen molar-refractivity contribution in [1.82, 2.24) is 9.47 Å². The Morgan fingerprint density at radius 2 is 2.08 bits per heavy atom. The van der Waals surface area contributed by atoms with Crippen molar-refractivity contribution in [2.75, 3.05) is 20.3 Å². The molecule has 1 aliphatic heterocycles. The highest BCUT2D eigenvalue weighted by Gasteiger charge is 2.31. The first-order valence-corrected chi connectivity index (χ1v) is 8.99.